The normalized spacial score (nSPS) is 11.3. The number of aliphatic hydroxyl groups is 1. The van der Waals surface area contributed by atoms with Gasteiger partial charge < -0.3 is 10.4 Å². The Kier molecular flexibility index (Phi) is 4.65. The van der Waals surface area contributed by atoms with Crippen LogP contribution in [0.3, 0.4) is 0 Å². The number of alkyl halides is 3. The molecule has 0 aliphatic rings. The van der Waals surface area contributed by atoms with Crippen LogP contribution in [0.4, 0.5) is 13.2 Å². The van der Waals surface area contributed by atoms with Crippen molar-refractivity contribution in [2.75, 3.05) is 13.2 Å². The maximum absolute atomic E-state index is 11.5. The van der Waals surface area contributed by atoms with Crippen molar-refractivity contribution in [1.29, 1.82) is 0 Å². The van der Waals surface area contributed by atoms with Crippen LogP contribution in [0, 0.1) is 0 Å². The van der Waals surface area contributed by atoms with Gasteiger partial charge in [-0.1, -0.05) is 0 Å². The molecule has 0 rings (SSSR count). The average molecular weight is 185 g/mol. The van der Waals surface area contributed by atoms with Crippen molar-refractivity contribution in [3.05, 3.63) is 0 Å². The molecule has 0 heterocycles. The zero-order valence-corrected chi connectivity index (χ0v) is 6.32. The van der Waals surface area contributed by atoms with Crippen LogP contribution in [0.5, 0.6) is 0 Å². The number of rotatable bonds is 4. The van der Waals surface area contributed by atoms with Gasteiger partial charge in [-0.25, -0.2) is 0 Å². The predicted molar refractivity (Wildman–Crippen MR) is 35.4 cm³/mol. The fraction of sp³-hybridized carbons (Fsp3) is 0.833. The number of carbonyl (C=O) groups excluding carboxylic acids is 1. The van der Waals surface area contributed by atoms with E-state index in [0.717, 1.165) is 0 Å². The molecule has 3 nitrogen and oxygen atoms in total. The van der Waals surface area contributed by atoms with Crippen LogP contribution in [-0.4, -0.2) is 30.3 Å². The van der Waals surface area contributed by atoms with Crippen molar-refractivity contribution in [1.82, 2.24) is 5.32 Å². The van der Waals surface area contributed by atoms with Crippen LogP contribution in [-0.2, 0) is 4.79 Å². The molecule has 0 saturated carbocycles. The fourth-order valence-corrected chi connectivity index (χ4v) is 0.539. The topological polar surface area (TPSA) is 49.3 Å². The summed E-state index contributed by atoms with van der Waals surface area (Å²) in [5.41, 5.74) is 0. The van der Waals surface area contributed by atoms with E-state index < -0.39 is 24.9 Å². The molecule has 0 aromatic heterocycles. The largest absolute Gasteiger partial charge is 0.395 e. The van der Waals surface area contributed by atoms with E-state index in [2.05, 4.69) is 5.32 Å². The molecule has 0 aliphatic carbocycles. The number of hydrogen-bond acceptors (Lipinski definition) is 2. The second-order valence-electron chi connectivity index (χ2n) is 2.19. The Balaban J connectivity index is 3.44. The lowest BCUT2D eigenvalue weighted by molar-refractivity contribution is -0.144. The molecule has 0 bridgehead atoms. The van der Waals surface area contributed by atoms with Gasteiger partial charge in [0.2, 0.25) is 5.91 Å². The van der Waals surface area contributed by atoms with E-state index in [1.807, 2.05) is 0 Å². The van der Waals surface area contributed by atoms with E-state index in [-0.39, 0.29) is 13.2 Å². The molecular weight excluding hydrogens is 175 g/mol. The van der Waals surface area contributed by atoms with Gasteiger partial charge in [-0.3, -0.25) is 4.79 Å². The van der Waals surface area contributed by atoms with Crippen LogP contribution < -0.4 is 5.32 Å². The first-order valence-corrected chi connectivity index (χ1v) is 3.40. The number of halogens is 3. The highest BCUT2D eigenvalue weighted by Crippen LogP contribution is 2.20. The van der Waals surface area contributed by atoms with Crippen molar-refractivity contribution in [2.45, 2.75) is 19.0 Å². The number of amides is 1. The van der Waals surface area contributed by atoms with Gasteiger partial charge >= 0.3 is 6.18 Å². The van der Waals surface area contributed by atoms with Crippen LogP contribution in [0.15, 0.2) is 0 Å². The first kappa shape index (κ1) is 11.2. The maximum atomic E-state index is 11.5. The molecule has 72 valence electrons. The van der Waals surface area contributed by atoms with E-state index in [0.29, 0.717) is 0 Å². The molecule has 0 aromatic rings. The first-order valence-electron chi connectivity index (χ1n) is 3.40. The second kappa shape index (κ2) is 4.97. The molecular formula is C6H10F3NO2. The quantitative estimate of drug-likeness (QED) is 0.667. The summed E-state index contributed by atoms with van der Waals surface area (Å²) in [5.74, 6) is -0.693. The summed E-state index contributed by atoms with van der Waals surface area (Å²) < 4.78 is 34.5. The van der Waals surface area contributed by atoms with Gasteiger partial charge in [0.15, 0.2) is 0 Å². The molecule has 0 spiro atoms. The molecule has 0 radical (unpaired) electrons. The van der Waals surface area contributed by atoms with Crippen LogP contribution in [0.25, 0.3) is 0 Å². The lowest BCUT2D eigenvalue weighted by Gasteiger charge is -2.05. The van der Waals surface area contributed by atoms with Crippen molar-refractivity contribution in [3.8, 4) is 0 Å². The Labute approximate surface area is 67.6 Å². The minimum atomic E-state index is -4.30. The highest BCUT2D eigenvalue weighted by Gasteiger charge is 2.27. The van der Waals surface area contributed by atoms with E-state index in [4.69, 9.17) is 5.11 Å². The lowest BCUT2D eigenvalue weighted by atomic mass is 10.3. The standard InChI is InChI=1S/C6H10F3NO2/c7-6(8,9)2-1-5(12)10-3-4-11/h11H,1-4H2,(H,10,12). The lowest BCUT2D eigenvalue weighted by Crippen LogP contribution is -2.27. The van der Waals surface area contributed by atoms with Gasteiger partial charge in [-0.05, 0) is 0 Å². The fourth-order valence-electron chi connectivity index (χ4n) is 0.539. The van der Waals surface area contributed by atoms with Gasteiger partial charge in [-0.15, -0.1) is 0 Å². The Morgan fingerprint density at radius 1 is 1.42 bits per heavy atom. The number of carbonyl (C=O) groups is 1. The number of hydrogen-bond donors (Lipinski definition) is 2. The first-order chi connectivity index (χ1) is 5.45. The second-order valence-corrected chi connectivity index (χ2v) is 2.19. The Morgan fingerprint density at radius 2 is 2.00 bits per heavy atom. The molecule has 0 unspecified atom stereocenters. The molecule has 0 fully saturated rings. The smallest absolute Gasteiger partial charge is 0.389 e. The third-order valence-electron chi connectivity index (χ3n) is 1.07. The highest BCUT2D eigenvalue weighted by molar-refractivity contribution is 5.75. The van der Waals surface area contributed by atoms with E-state index in [1.54, 1.807) is 0 Å². The van der Waals surface area contributed by atoms with E-state index in [9.17, 15) is 18.0 Å². The summed E-state index contributed by atoms with van der Waals surface area (Å²) in [6.45, 7) is -0.269. The molecule has 12 heavy (non-hydrogen) atoms. The maximum Gasteiger partial charge on any atom is 0.389 e. The SMILES string of the molecule is O=C(CCC(F)(F)F)NCCO. The Morgan fingerprint density at radius 3 is 2.42 bits per heavy atom. The third kappa shape index (κ3) is 7.33. The van der Waals surface area contributed by atoms with E-state index >= 15 is 0 Å². The molecule has 2 N–H and O–H groups in total. The van der Waals surface area contributed by atoms with Crippen molar-refractivity contribution in [3.63, 3.8) is 0 Å². The van der Waals surface area contributed by atoms with Gasteiger partial charge in [0.05, 0.1) is 13.0 Å². The van der Waals surface area contributed by atoms with Crippen LogP contribution in [0.2, 0.25) is 0 Å². The van der Waals surface area contributed by atoms with Gasteiger partial charge in [0.25, 0.3) is 0 Å². The molecule has 6 heteroatoms. The molecule has 1 amide bonds. The molecule has 0 saturated heterocycles. The predicted octanol–water partition coefficient (Wildman–Crippen LogP) is 0.437. The summed E-state index contributed by atoms with van der Waals surface area (Å²) in [6.07, 6.45) is -6.00. The molecule has 0 aromatic carbocycles. The molecule has 0 aliphatic heterocycles. The summed E-state index contributed by atoms with van der Waals surface area (Å²) in [7, 11) is 0. The summed E-state index contributed by atoms with van der Waals surface area (Å²) >= 11 is 0. The Bertz CT molecular complexity index is 146. The van der Waals surface area contributed by atoms with Crippen LogP contribution >= 0.6 is 0 Å². The minimum Gasteiger partial charge on any atom is -0.395 e. The van der Waals surface area contributed by atoms with Gasteiger partial charge in [0, 0.05) is 13.0 Å². The average Bonchev–Trinajstić information content (AvgIpc) is 1.95. The third-order valence-corrected chi connectivity index (χ3v) is 1.07. The number of aliphatic hydroxyl groups excluding tert-OH is 1. The van der Waals surface area contributed by atoms with E-state index in [1.165, 1.54) is 0 Å². The van der Waals surface area contributed by atoms with Crippen molar-refractivity contribution >= 4 is 5.91 Å². The van der Waals surface area contributed by atoms with Crippen LogP contribution in [0.1, 0.15) is 12.8 Å². The zero-order valence-electron chi connectivity index (χ0n) is 6.32. The summed E-state index contributed by atoms with van der Waals surface area (Å²) in [6, 6.07) is 0. The zero-order chi connectivity index (χ0) is 9.61. The summed E-state index contributed by atoms with van der Waals surface area (Å²) in [4.78, 5) is 10.5. The van der Waals surface area contributed by atoms with Crippen molar-refractivity contribution < 1.29 is 23.1 Å². The van der Waals surface area contributed by atoms with Gasteiger partial charge in [-0.2, -0.15) is 13.2 Å². The van der Waals surface area contributed by atoms with Crippen molar-refractivity contribution in [2.24, 2.45) is 0 Å². The van der Waals surface area contributed by atoms with Gasteiger partial charge in [0.1, 0.15) is 0 Å². The number of nitrogens with one attached hydrogen (secondary N) is 1. The molecule has 0 atom stereocenters. The minimum absolute atomic E-state index is 0.00328. The highest BCUT2D eigenvalue weighted by atomic mass is 19.4. The Hall–Kier alpha value is -0.780. The monoisotopic (exact) mass is 185 g/mol. The summed E-state index contributed by atoms with van der Waals surface area (Å²) in [5, 5.41) is 10.3.